The summed E-state index contributed by atoms with van der Waals surface area (Å²) in [6, 6.07) is 14.9. The highest BCUT2D eigenvalue weighted by molar-refractivity contribution is 5.47. The van der Waals surface area contributed by atoms with Gasteiger partial charge in [-0.3, -0.25) is 10.1 Å². The Morgan fingerprint density at radius 2 is 1.91 bits per heavy atom. The number of nitro groups is 1. The highest BCUT2D eigenvalue weighted by atomic mass is 16.6. The van der Waals surface area contributed by atoms with E-state index in [1.54, 1.807) is 18.2 Å². The van der Waals surface area contributed by atoms with Crippen molar-refractivity contribution < 1.29 is 19.5 Å². The second-order valence-electron chi connectivity index (χ2n) is 5.10. The van der Waals surface area contributed by atoms with Crippen LogP contribution in [0.4, 0.5) is 0 Å². The fraction of sp³-hybridized carbons (Fsp3) is 0.294. The fourth-order valence-electron chi connectivity index (χ4n) is 2.27. The zero-order valence-electron chi connectivity index (χ0n) is 12.8. The number of para-hydroxylation sites is 1. The van der Waals surface area contributed by atoms with Crippen molar-refractivity contribution in [2.24, 2.45) is 0 Å². The van der Waals surface area contributed by atoms with Crippen LogP contribution < -0.4 is 9.47 Å². The molecule has 2 aromatic rings. The van der Waals surface area contributed by atoms with Gasteiger partial charge in [-0.05, 0) is 11.6 Å². The van der Waals surface area contributed by atoms with Crippen LogP contribution in [-0.2, 0) is 13.0 Å². The maximum absolute atomic E-state index is 10.5. The lowest BCUT2D eigenvalue weighted by Crippen LogP contribution is -2.22. The maximum Gasteiger partial charge on any atom is 0.229 e. The van der Waals surface area contributed by atoms with Gasteiger partial charge in [0, 0.05) is 16.9 Å². The van der Waals surface area contributed by atoms with Crippen molar-refractivity contribution in [3.05, 3.63) is 69.8 Å². The van der Waals surface area contributed by atoms with Crippen molar-refractivity contribution in [3.8, 4) is 11.5 Å². The van der Waals surface area contributed by atoms with E-state index < -0.39 is 17.6 Å². The molecule has 0 heterocycles. The number of methoxy groups -OCH3 is 1. The molecule has 0 spiro atoms. The van der Waals surface area contributed by atoms with Crippen LogP contribution in [0.3, 0.4) is 0 Å². The number of aliphatic hydroxyl groups is 1. The molecule has 0 saturated carbocycles. The minimum atomic E-state index is -1.07. The van der Waals surface area contributed by atoms with Crippen molar-refractivity contribution in [2.45, 2.75) is 19.1 Å². The van der Waals surface area contributed by atoms with Crippen LogP contribution in [0.15, 0.2) is 48.5 Å². The minimum absolute atomic E-state index is 0.127. The van der Waals surface area contributed by atoms with Crippen molar-refractivity contribution in [1.29, 1.82) is 0 Å². The first-order valence-electron chi connectivity index (χ1n) is 7.22. The Morgan fingerprint density at radius 3 is 2.57 bits per heavy atom. The molecule has 2 aromatic carbocycles. The summed E-state index contributed by atoms with van der Waals surface area (Å²) in [5.41, 5.74) is 1.67. The molecule has 2 rings (SSSR count). The molecule has 122 valence electrons. The first-order chi connectivity index (χ1) is 11.1. The maximum atomic E-state index is 10.5. The number of ether oxygens (including phenoxy) is 2. The number of hydrogen-bond donors (Lipinski definition) is 1. The van der Waals surface area contributed by atoms with Gasteiger partial charge in [0.25, 0.3) is 0 Å². The third kappa shape index (κ3) is 4.96. The number of rotatable bonds is 8. The van der Waals surface area contributed by atoms with Crippen molar-refractivity contribution >= 4 is 0 Å². The van der Waals surface area contributed by atoms with Gasteiger partial charge in [0.2, 0.25) is 6.54 Å². The topological polar surface area (TPSA) is 81.8 Å². The zero-order valence-corrected chi connectivity index (χ0v) is 12.8. The largest absolute Gasteiger partial charge is 0.493 e. The Balaban J connectivity index is 2.16. The van der Waals surface area contributed by atoms with E-state index in [2.05, 4.69) is 0 Å². The summed E-state index contributed by atoms with van der Waals surface area (Å²) >= 11 is 0. The second-order valence-corrected chi connectivity index (χ2v) is 5.10. The molecular weight excluding hydrogens is 298 g/mol. The van der Waals surface area contributed by atoms with Crippen LogP contribution in [-0.4, -0.2) is 29.8 Å². The highest BCUT2D eigenvalue weighted by Crippen LogP contribution is 2.32. The summed E-state index contributed by atoms with van der Waals surface area (Å²) in [7, 11) is 1.53. The predicted molar refractivity (Wildman–Crippen MR) is 85.3 cm³/mol. The number of nitrogens with zero attached hydrogens (tertiary/aromatic N) is 1. The first kappa shape index (κ1) is 16.8. The normalized spacial score (nSPS) is 11.7. The molecule has 6 heteroatoms. The van der Waals surface area contributed by atoms with E-state index in [1.807, 2.05) is 30.3 Å². The predicted octanol–water partition coefficient (Wildman–Crippen LogP) is 2.45. The summed E-state index contributed by atoms with van der Waals surface area (Å²) < 4.78 is 11.1. The van der Waals surface area contributed by atoms with Gasteiger partial charge >= 0.3 is 0 Å². The lowest BCUT2D eigenvalue weighted by atomic mass is 10.1. The Hall–Kier alpha value is -2.60. The Labute approximate surface area is 134 Å². The smallest absolute Gasteiger partial charge is 0.229 e. The molecular formula is C17H19NO5. The first-order valence-corrected chi connectivity index (χ1v) is 7.22. The molecule has 6 nitrogen and oxygen atoms in total. The molecule has 0 radical (unpaired) electrons. The van der Waals surface area contributed by atoms with Gasteiger partial charge in [0.15, 0.2) is 11.5 Å². The third-order valence-corrected chi connectivity index (χ3v) is 3.32. The highest BCUT2D eigenvalue weighted by Gasteiger charge is 2.18. The molecule has 1 N–H and O–H groups in total. The number of benzene rings is 2. The van der Waals surface area contributed by atoms with Crippen LogP contribution >= 0.6 is 0 Å². The Morgan fingerprint density at radius 1 is 1.17 bits per heavy atom. The summed E-state index contributed by atoms with van der Waals surface area (Å²) in [5.74, 6) is 1.04. The SMILES string of the molecule is COc1cccc(CC(O)C[N+](=O)[O-])c1OCc1ccccc1. The number of hydrogen-bond acceptors (Lipinski definition) is 5. The van der Waals surface area contributed by atoms with E-state index in [-0.39, 0.29) is 6.42 Å². The van der Waals surface area contributed by atoms with E-state index in [0.29, 0.717) is 23.7 Å². The van der Waals surface area contributed by atoms with Gasteiger partial charge in [-0.1, -0.05) is 42.5 Å². The van der Waals surface area contributed by atoms with Gasteiger partial charge in [-0.25, -0.2) is 0 Å². The molecule has 23 heavy (non-hydrogen) atoms. The molecule has 0 aliphatic carbocycles. The summed E-state index contributed by atoms with van der Waals surface area (Å²) in [4.78, 5) is 9.98. The van der Waals surface area contributed by atoms with Gasteiger partial charge in [-0.15, -0.1) is 0 Å². The lowest BCUT2D eigenvalue weighted by molar-refractivity contribution is -0.490. The molecule has 0 aromatic heterocycles. The zero-order chi connectivity index (χ0) is 16.7. The van der Waals surface area contributed by atoms with Gasteiger partial charge in [0.1, 0.15) is 12.7 Å². The average Bonchev–Trinajstić information content (AvgIpc) is 2.53. The van der Waals surface area contributed by atoms with Gasteiger partial charge < -0.3 is 14.6 Å². The molecule has 0 aliphatic rings. The minimum Gasteiger partial charge on any atom is -0.493 e. The van der Waals surface area contributed by atoms with Crippen LogP contribution in [0.2, 0.25) is 0 Å². The fourth-order valence-corrected chi connectivity index (χ4v) is 2.27. The molecule has 1 atom stereocenters. The summed E-state index contributed by atoms with van der Waals surface area (Å²) in [6.07, 6.45) is -0.946. The summed E-state index contributed by atoms with van der Waals surface area (Å²) in [6.45, 7) is -0.158. The van der Waals surface area contributed by atoms with E-state index in [1.165, 1.54) is 7.11 Å². The Bertz CT molecular complexity index is 645. The van der Waals surface area contributed by atoms with Crippen LogP contribution in [0.25, 0.3) is 0 Å². The van der Waals surface area contributed by atoms with E-state index in [0.717, 1.165) is 5.56 Å². The van der Waals surface area contributed by atoms with Gasteiger partial charge in [0.05, 0.1) is 7.11 Å². The van der Waals surface area contributed by atoms with Crippen LogP contribution in [0.5, 0.6) is 11.5 Å². The molecule has 0 fully saturated rings. The average molecular weight is 317 g/mol. The van der Waals surface area contributed by atoms with Gasteiger partial charge in [-0.2, -0.15) is 0 Å². The van der Waals surface area contributed by atoms with Crippen molar-refractivity contribution in [1.82, 2.24) is 0 Å². The van der Waals surface area contributed by atoms with E-state index in [4.69, 9.17) is 9.47 Å². The second kappa shape index (κ2) is 8.14. The van der Waals surface area contributed by atoms with Crippen molar-refractivity contribution in [2.75, 3.05) is 13.7 Å². The molecule has 0 saturated heterocycles. The molecule has 0 aliphatic heterocycles. The molecule has 0 amide bonds. The molecule has 0 bridgehead atoms. The van der Waals surface area contributed by atoms with E-state index >= 15 is 0 Å². The van der Waals surface area contributed by atoms with Crippen LogP contribution in [0, 0.1) is 10.1 Å². The van der Waals surface area contributed by atoms with E-state index in [9.17, 15) is 15.2 Å². The quantitative estimate of drug-likeness (QED) is 0.597. The van der Waals surface area contributed by atoms with Crippen molar-refractivity contribution in [3.63, 3.8) is 0 Å². The summed E-state index contributed by atoms with van der Waals surface area (Å²) in [5, 5.41) is 20.3. The number of aliphatic hydroxyl groups excluding tert-OH is 1. The lowest BCUT2D eigenvalue weighted by Gasteiger charge is -2.16. The Kier molecular flexibility index (Phi) is 5.94. The van der Waals surface area contributed by atoms with Crippen LogP contribution in [0.1, 0.15) is 11.1 Å². The standard InChI is InChI=1S/C17H19NO5/c1-22-16-9-5-8-14(10-15(19)11-18(20)21)17(16)23-12-13-6-3-2-4-7-13/h2-9,15,19H,10-12H2,1H3. The molecule has 1 unspecified atom stereocenters. The monoisotopic (exact) mass is 317 g/mol. The third-order valence-electron chi connectivity index (χ3n) is 3.32.